The molecule has 1 heterocycles. The first-order valence-corrected chi connectivity index (χ1v) is 5.45. The van der Waals surface area contributed by atoms with Gasteiger partial charge in [0.15, 0.2) is 11.5 Å². The van der Waals surface area contributed by atoms with Gasteiger partial charge in [0.1, 0.15) is 5.76 Å². The Morgan fingerprint density at radius 3 is 2.44 bits per heavy atom. The Labute approximate surface area is 107 Å². The third-order valence-corrected chi connectivity index (χ3v) is 2.96. The molecule has 0 fully saturated rings. The standard InChI is InChI=1S/C11H5Cl3O2/c12-8-2-1-6(3-9(8)13)11-7(5-15)4-10(14)16-11/h1-5H. The highest BCUT2D eigenvalue weighted by atomic mass is 35.5. The molecule has 82 valence electrons. The minimum Gasteiger partial charge on any atom is -0.444 e. The van der Waals surface area contributed by atoms with E-state index in [-0.39, 0.29) is 5.22 Å². The zero-order valence-corrected chi connectivity index (χ0v) is 10.1. The van der Waals surface area contributed by atoms with E-state index in [2.05, 4.69) is 0 Å². The maximum Gasteiger partial charge on any atom is 0.194 e. The largest absolute Gasteiger partial charge is 0.444 e. The monoisotopic (exact) mass is 274 g/mol. The predicted molar refractivity (Wildman–Crippen MR) is 64.6 cm³/mol. The molecule has 0 saturated carbocycles. The van der Waals surface area contributed by atoms with Crippen LogP contribution in [-0.2, 0) is 0 Å². The Balaban J connectivity index is 2.57. The van der Waals surface area contributed by atoms with Crippen LogP contribution in [0.4, 0.5) is 0 Å². The number of aldehydes is 1. The van der Waals surface area contributed by atoms with Crippen molar-refractivity contribution in [2.24, 2.45) is 0 Å². The highest BCUT2D eigenvalue weighted by Gasteiger charge is 2.12. The number of rotatable bonds is 2. The highest BCUT2D eigenvalue weighted by molar-refractivity contribution is 6.42. The summed E-state index contributed by atoms with van der Waals surface area (Å²) in [6, 6.07) is 6.40. The quantitative estimate of drug-likeness (QED) is 0.742. The van der Waals surface area contributed by atoms with E-state index in [0.29, 0.717) is 33.2 Å². The van der Waals surface area contributed by atoms with Crippen molar-refractivity contribution < 1.29 is 9.21 Å². The van der Waals surface area contributed by atoms with E-state index in [0.717, 1.165) is 0 Å². The first-order valence-electron chi connectivity index (χ1n) is 4.31. The van der Waals surface area contributed by atoms with Crippen molar-refractivity contribution in [2.45, 2.75) is 0 Å². The maximum absolute atomic E-state index is 10.8. The molecule has 0 radical (unpaired) electrons. The zero-order valence-electron chi connectivity index (χ0n) is 7.84. The number of carbonyl (C=O) groups excluding carboxylic acids is 1. The van der Waals surface area contributed by atoms with E-state index in [1.807, 2.05) is 0 Å². The second-order valence-electron chi connectivity index (χ2n) is 3.08. The van der Waals surface area contributed by atoms with Crippen LogP contribution in [0.15, 0.2) is 28.7 Å². The number of hydrogen-bond donors (Lipinski definition) is 0. The van der Waals surface area contributed by atoms with Crippen molar-refractivity contribution in [3.8, 4) is 11.3 Å². The summed E-state index contributed by atoms with van der Waals surface area (Å²) in [5.41, 5.74) is 1.03. The molecule has 2 aromatic rings. The number of benzene rings is 1. The second kappa shape index (κ2) is 4.50. The van der Waals surface area contributed by atoms with Gasteiger partial charge in [0, 0.05) is 11.6 Å². The molecule has 0 N–H and O–H groups in total. The smallest absolute Gasteiger partial charge is 0.194 e. The average molecular weight is 276 g/mol. The van der Waals surface area contributed by atoms with Gasteiger partial charge in [-0.25, -0.2) is 0 Å². The topological polar surface area (TPSA) is 30.2 Å². The van der Waals surface area contributed by atoms with Crippen LogP contribution in [0, 0.1) is 0 Å². The molecule has 1 aromatic heterocycles. The van der Waals surface area contributed by atoms with Crippen LogP contribution in [0.25, 0.3) is 11.3 Å². The molecule has 0 spiro atoms. The molecule has 16 heavy (non-hydrogen) atoms. The van der Waals surface area contributed by atoms with E-state index < -0.39 is 0 Å². The second-order valence-corrected chi connectivity index (χ2v) is 4.27. The van der Waals surface area contributed by atoms with E-state index >= 15 is 0 Å². The lowest BCUT2D eigenvalue weighted by molar-refractivity contribution is 0.112. The normalized spacial score (nSPS) is 10.4. The summed E-state index contributed by atoms with van der Waals surface area (Å²) in [4.78, 5) is 10.8. The Morgan fingerprint density at radius 1 is 1.06 bits per heavy atom. The van der Waals surface area contributed by atoms with Gasteiger partial charge in [-0.15, -0.1) is 0 Å². The van der Waals surface area contributed by atoms with Crippen LogP contribution in [0.1, 0.15) is 10.4 Å². The molecule has 0 atom stereocenters. The summed E-state index contributed by atoms with van der Waals surface area (Å²) in [6.45, 7) is 0. The van der Waals surface area contributed by atoms with E-state index in [1.165, 1.54) is 6.07 Å². The molecule has 0 saturated heterocycles. The lowest BCUT2D eigenvalue weighted by Gasteiger charge is -2.00. The molecular formula is C11H5Cl3O2. The van der Waals surface area contributed by atoms with Gasteiger partial charge >= 0.3 is 0 Å². The van der Waals surface area contributed by atoms with Crippen molar-refractivity contribution in [3.05, 3.63) is 45.1 Å². The van der Waals surface area contributed by atoms with Crippen LogP contribution in [-0.4, -0.2) is 6.29 Å². The lowest BCUT2D eigenvalue weighted by atomic mass is 10.1. The van der Waals surface area contributed by atoms with E-state index in [4.69, 9.17) is 39.2 Å². The molecule has 0 unspecified atom stereocenters. The first-order chi connectivity index (χ1) is 7.61. The van der Waals surface area contributed by atoms with Gasteiger partial charge in [0.05, 0.1) is 15.6 Å². The van der Waals surface area contributed by atoms with Gasteiger partial charge in [0.2, 0.25) is 0 Å². The number of halogens is 3. The number of carbonyl (C=O) groups is 1. The van der Waals surface area contributed by atoms with Gasteiger partial charge in [0.25, 0.3) is 0 Å². The third-order valence-electron chi connectivity index (χ3n) is 2.04. The predicted octanol–water partition coefficient (Wildman–Crippen LogP) is 4.72. The van der Waals surface area contributed by atoms with Crippen LogP contribution in [0.3, 0.4) is 0 Å². The molecule has 0 aliphatic heterocycles. The van der Waals surface area contributed by atoms with Crippen LogP contribution < -0.4 is 0 Å². The Morgan fingerprint density at radius 2 is 1.81 bits per heavy atom. The molecule has 2 rings (SSSR count). The van der Waals surface area contributed by atoms with Crippen LogP contribution in [0.2, 0.25) is 15.3 Å². The first kappa shape index (κ1) is 11.5. The Hall–Kier alpha value is -0.960. The fourth-order valence-electron chi connectivity index (χ4n) is 1.32. The molecule has 0 bridgehead atoms. The molecule has 0 aliphatic carbocycles. The SMILES string of the molecule is O=Cc1cc(Cl)oc1-c1ccc(Cl)c(Cl)c1. The summed E-state index contributed by atoms with van der Waals surface area (Å²) in [5, 5.41) is 0.988. The number of furan rings is 1. The molecule has 0 amide bonds. The summed E-state index contributed by atoms with van der Waals surface area (Å²) in [6.07, 6.45) is 0.674. The van der Waals surface area contributed by atoms with Gasteiger partial charge in [-0.1, -0.05) is 23.2 Å². The van der Waals surface area contributed by atoms with Gasteiger partial charge in [-0.2, -0.15) is 0 Å². The lowest BCUT2D eigenvalue weighted by Crippen LogP contribution is -1.81. The summed E-state index contributed by atoms with van der Waals surface area (Å²) >= 11 is 17.3. The summed E-state index contributed by atoms with van der Waals surface area (Å²) in [5.74, 6) is 0.388. The van der Waals surface area contributed by atoms with Gasteiger partial charge in [-0.05, 0) is 29.8 Å². The molecular weight excluding hydrogens is 270 g/mol. The van der Waals surface area contributed by atoms with Crippen molar-refractivity contribution in [2.75, 3.05) is 0 Å². The third kappa shape index (κ3) is 2.09. The van der Waals surface area contributed by atoms with Crippen molar-refractivity contribution in [3.63, 3.8) is 0 Å². The fraction of sp³-hybridized carbons (Fsp3) is 0. The van der Waals surface area contributed by atoms with Gasteiger partial charge < -0.3 is 4.42 Å². The highest BCUT2D eigenvalue weighted by Crippen LogP contribution is 2.32. The molecule has 0 aliphatic rings. The number of hydrogen-bond acceptors (Lipinski definition) is 2. The van der Waals surface area contributed by atoms with E-state index in [9.17, 15) is 4.79 Å². The Bertz CT molecular complexity index is 546. The van der Waals surface area contributed by atoms with Gasteiger partial charge in [-0.3, -0.25) is 4.79 Å². The van der Waals surface area contributed by atoms with Crippen molar-refractivity contribution in [1.29, 1.82) is 0 Å². The van der Waals surface area contributed by atoms with Crippen molar-refractivity contribution >= 4 is 41.1 Å². The van der Waals surface area contributed by atoms with Crippen LogP contribution in [0.5, 0.6) is 0 Å². The van der Waals surface area contributed by atoms with Crippen LogP contribution >= 0.6 is 34.8 Å². The maximum atomic E-state index is 10.8. The zero-order chi connectivity index (χ0) is 11.7. The minimum atomic E-state index is 0.156. The summed E-state index contributed by atoms with van der Waals surface area (Å²) in [7, 11) is 0. The molecule has 2 nitrogen and oxygen atoms in total. The summed E-state index contributed by atoms with van der Waals surface area (Å²) < 4.78 is 5.22. The Kier molecular flexibility index (Phi) is 3.24. The van der Waals surface area contributed by atoms with E-state index in [1.54, 1.807) is 18.2 Å². The molecule has 1 aromatic carbocycles. The molecule has 5 heteroatoms. The van der Waals surface area contributed by atoms with Crippen molar-refractivity contribution in [1.82, 2.24) is 0 Å². The minimum absolute atomic E-state index is 0.156. The average Bonchev–Trinajstić information content (AvgIpc) is 2.63. The fourth-order valence-corrected chi connectivity index (χ4v) is 1.82.